The summed E-state index contributed by atoms with van der Waals surface area (Å²) in [6.45, 7) is 4.15. The molecule has 4 rings (SSSR count). The van der Waals surface area contributed by atoms with E-state index in [1.807, 2.05) is 32.2 Å². The summed E-state index contributed by atoms with van der Waals surface area (Å²) in [6, 6.07) is 11.2. The van der Waals surface area contributed by atoms with E-state index in [0.717, 1.165) is 11.3 Å². The number of anilines is 1. The van der Waals surface area contributed by atoms with E-state index in [9.17, 15) is 10.1 Å². The van der Waals surface area contributed by atoms with E-state index >= 15 is 0 Å². The third-order valence-corrected chi connectivity index (χ3v) is 5.54. The van der Waals surface area contributed by atoms with Crippen LogP contribution in [0.1, 0.15) is 30.9 Å². The van der Waals surface area contributed by atoms with Crippen molar-refractivity contribution in [3.63, 3.8) is 0 Å². The number of nitro groups is 1. The van der Waals surface area contributed by atoms with E-state index in [-0.39, 0.29) is 11.6 Å². The van der Waals surface area contributed by atoms with E-state index < -0.39 is 10.6 Å². The van der Waals surface area contributed by atoms with Gasteiger partial charge in [0.1, 0.15) is 0 Å². The molecule has 6 nitrogen and oxygen atoms in total. The van der Waals surface area contributed by atoms with Crippen molar-refractivity contribution in [1.29, 1.82) is 0 Å². The molecule has 2 atom stereocenters. The van der Waals surface area contributed by atoms with Gasteiger partial charge in [0.2, 0.25) is 5.72 Å². The van der Waals surface area contributed by atoms with Gasteiger partial charge in [-0.25, -0.2) is 0 Å². The highest BCUT2D eigenvalue weighted by Gasteiger charge is 2.53. The number of rotatable bonds is 2. The van der Waals surface area contributed by atoms with Gasteiger partial charge in [-0.2, -0.15) is 0 Å². The zero-order valence-electron chi connectivity index (χ0n) is 15.1. The molecule has 0 amide bonds. The molecule has 2 aromatic carbocycles. The van der Waals surface area contributed by atoms with Gasteiger partial charge in [0.25, 0.3) is 5.69 Å². The molecule has 2 aliphatic heterocycles. The van der Waals surface area contributed by atoms with Crippen LogP contribution in [-0.4, -0.2) is 24.8 Å². The predicted octanol–water partition coefficient (Wildman–Crippen LogP) is 4.35. The van der Waals surface area contributed by atoms with E-state index in [1.165, 1.54) is 24.8 Å². The molecule has 2 heterocycles. The second-order valence-electron chi connectivity index (χ2n) is 6.79. The molecule has 0 aromatic heterocycles. The Morgan fingerprint density at radius 2 is 2.04 bits per heavy atom. The molecule has 0 saturated heterocycles. The zero-order chi connectivity index (χ0) is 18.6. The van der Waals surface area contributed by atoms with Gasteiger partial charge in [0, 0.05) is 30.3 Å². The predicted molar refractivity (Wildman–Crippen MR) is 99.9 cm³/mol. The van der Waals surface area contributed by atoms with Crippen molar-refractivity contribution in [2.45, 2.75) is 25.5 Å². The van der Waals surface area contributed by atoms with Gasteiger partial charge in [-0.1, -0.05) is 25.1 Å². The molecule has 1 spiro atoms. The standard InChI is InChI=1S/C20H20N2O4/c1-12-9-14-10-15(22(23)24)11-18(25-4)19(14)26-20(12)13(2)16-7-5-6-8-17(16)21(20)3/h5-11,13H,1-4H3. The fourth-order valence-corrected chi connectivity index (χ4v) is 4.26. The molecule has 2 aliphatic rings. The lowest BCUT2D eigenvalue weighted by Gasteiger charge is -2.44. The van der Waals surface area contributed by atoms with Crippen molar-refractivity contribution < 1.29 is 14.4 Å². The van der Waals surface area contributed by atoms with Crippen molar-refractivity contribution in [1.82, 2.24) is 0 Å². The molecular formula is C20H20N2O4. The summed E-state index contributed by atoms with van der Waals surface area (Å²) in [7, 11) is 3.51. The van der Waals surface area contributed by atoms with E-state index in [0.29, 0.717) is 17.1 Å². The first-order chi connectivity index (χ1) is 12.4. The highest BCUT2D eigenvalue weighted by molar-refractivity contribution is 5.75. The van der Waals surface area contributed by atoms with Crippen molar-refractivity contribution in [3.05, 3.63) is 63.2 Å². The number of ether oxygens (including phenoxy) is 2. The van der Waals surface area contributed by atoms with Crippen LogP contribution in [0.25, 0.3) is 6.08 Å². The van der Waals surface area contributed by atoms with Crippen LogP contribution in [0.4, 0.5) is 11.4 Å². The van der Waals surface area contributed by atoms with Gasteiger partial charge >= 0.3 is 0 Å². The number of nitrogens with zero attached hydrogens (tertiary/aromatic N) is 2. The lowest BCUT2D eigenvalue weighted by molar-refractivity contribution is -0.385. The Kier molecular flexibility index (Phi) is 3.47. The zero-order valence-corrected chi connectivity index (χ0v) is 15.1. The fourth-order valence-electron chi connectivity index (χ4n) is 4.26. The smallest absolute Gasteiger partial charge is 0.274 e. The Morgan fingerprint density at radius 3 is 2.69 bits per heavy atom. The maximum atomic E-state index is 11.2. The molecule has 2 unspecified atom stereocenters. The SMILES string of the molecule is COc1cc([N+](=O)[O-])cc2c1OC1(C(C)=C2)C(C)c2ccccc2N1C. The molecular weight excluding hydrogens is 332 g/mol. The Labute approximate surface area is 151 Å². The minimum absolute atomic E-state index is 0.0136. The van der Waals surface area contributed by atoms with Crippen LogP contribution in [0, 0.1) is 10.1 Å². The molecule has 2 aromatic rings. The number of benzene rings is 2. The summed E-state index contributed by atoms with van der Waals surface area (Å²) in [5.41, 5.74) is 3.30. The number of hydrogen-bond donors (Lipinski definition) is 0. The molecule has 0 radical (unpaired) electrons. The van der Waals surface area contributed by atoms with Crippen LogP contribution in [0.15, 0.2) is 42.0 Å². The minimum Gasteiger partial charge on any atom is -0.493 e. The molecule has 0 fully saturated rings. The van der Waals surface area contributed by atoms with Crippen molar-refractivity contribution in [3.8, 4) is 11.5 Å². The molecule has 0 bridgehead atoms. The fraction of sp³-hybridized carbons (Fsp3) is 0.300. The van der Waals surface area contributed by atoms with E-state index in [2.05, 4.69) is 24.0 Å². The molecule has 26 heavy (non-hydrogen) atoms. The summed E-state index contributed by atoms with van der Waals surface area (Å²) in [5.74, 6) is 0.997. The lowest BCUT2D eigenvalue weighted by Crippen LogP contribution is -2.53. The first-order valence-corrected chi connectivity index (χ1v) is 8.47. The van der Waals surface area contributed by atoms with E-state index in [1.54, 1.807) is 0 Å². The van der Waals surface area contributed by atoms with Crippen LogP contribution in [0.3, 0.4) is 0 Å². The van der Waals surface area contributed by atoms with Crippen molar-refractivity contribution in [2.75, 3.05) is 19.1 Å². The molecule has 6 heteroatoms. The topological polar surface area (TPSA) is 64.8 Å². The summed E-state index contributed by atoms with van der Waals surface area (Å²) in [4.78, 5) is 12.9. The van der Waals surface area contributed by atoms with Gasteiger partial charge in [-0.05, 0) is 30.2 Å². The third-order valence-electron chi connectivity index (χ3n) is 5.54. The average Bonchev–Trinajstić information content (AvgIpc) is 2.85. The van der Waals surface area contributed by atoms with Crippen LogP contribution in [0.2, 0.25) is 0 Å². The van der Waals surface area contributed by atoms with Crippen LogP contribution in [0.5, 0.6) is 11.5 Å². The van der Waals surface area contributed by atoms with Crippen molar-refractivity contribution >= 4 is 17.5 Å². The molecule has 0 aliphatic carbocycles. The van der Waals surface area contributed by atoms with Gasteiger partial charge in [0.05, 0.1) is 18.1 Å². The number of fused-ring (bicyclic) bond motifs is 2. The number of non-ortho nitro benzene ring substituents is 1. The van der Waals surface area contributed by atoms with Gasteiger partial charge in [0.15, 0.2) is 11.5 Å². The normalized spacial score (nSPS) is 23.2. The van der Waals surface area contributed by atoms with Crippen LogP contribution < -0.4 is 14.4 Å². The lowest BCUT2D eigenvalue weighted by atomic mass is 9.85. The summed E-state index contributed by atoms with van der Waals surface area (Å²) in [6.07, 6.45) is 1.97. The van der Waals surface area contributed by atoms with E-state index in [4.69, 9.17) is 9.47 Å². The Morgan fingerprint density at radius 1 is 1.31 bits per heavy atom. The Balaban J connectivity index is 1.91. The monoisotopic (exact) mass is 352 g/mol. The molecule has 0 saturated carbocycles. The van der Waals surface area contributed by atoms with Gasteiger partial charge < -0.3 is 14.4 Å². The minimum atomic E-state index is -0.680. The third kappa shape index (κ3) is 1.98. The quantitative estimate of drug-likeness (QED) is 0.594. The maximum Gasteiger partial charge on any atom is 0.274 e. The highest BCUT2D eigenvalue weighted by atomic mass is 16.6. The first kappa shape index (κ1) is 16.4. The first-order valence-electron chi connectivity index (χ1n) is 8.47. The van der Waals surface area contributed by atoms with Crippen LogP contribution in [-0.2, 0) is 0 Å². The number of methoxy groups -OCH3 is 1. The van der Waals surface area contributed by atoms with Gasteiger partial charge in [-0.15, -0.1) is 0 Å². The Hall–Kier alpha value is -3.02. The van der Waals surface area contributed by atoms with Crippen LogP contribution >= 0.6 is 0 Å². The average molecular weight is 352 g/mol. The van der Waals surface area contributed by atoms with Gasteiger partial charge in [-0.3, -0.25) is 10.1 Å². The summed E-state index contributed by atoms with van der Waals surface area (Å²) in [5, 5.41) is 11.2. The number of nitro benzene ring substituents is 1. The largest absolute Gasteiger partial charge is 0.493 e. The molecule has 0 N–H and O–H groups in total. The second kappa shape index (κ2) is 5.49. The number of hydrogen-bond acceptors (Lipinski definition) is 5. The summed E-state index contributed by atoms with van der Waals surface area (Å²) < 4.78 is 12.0. The maximum absolute atomic E-state index is 11.2. The molecule has 134 valence electrons. The Bertz CT molecular complexity index is 922. The number of para-hydroxylation sites is 1. The van der Waals surface area contributed by atoms with Crippen molar-refractivity contribution in [2.24, 2.45) is 0 Å². The number of likely N-dealkylation sites (N-methyl/N-ethyl adjacent to an activating group) is 1. The highest BCUT2D eigenvalue weighted by Crippen LogP contribution is 2.55. The second-order valence-corrected chi connectivity index (χ2v) is 6.79. The summed E-state index contributed by atoms with van der Waals surface area (Å²) >= 11 is 0.